The minimum absolute atomic E-state index is 0.198. The van der Waals surface area contributed by atoms with Crippen molar-refractivity contribution >= 4 is 55.4 Å². The lowest BCUT2D eigenvalue weighted by Crippen LogP contribution is -2.10. The number of anilines is 2. The minimum atomic E-state index is -2.80. The zero-order valence-corrected chi connectivity index (χ0v) is 16.0. The Hall–Kier alpha value is -1.13. The molecule has 9 heteroatoms. The lowest BCUT2D eigenvalue weighted by Gasteiger charge is -2.10. The number of hydrogen-bond donors (Lipinski definition) is 3. The number of nitrogens with one attached hydrogen (secondary N) is 2. The van der Waals surface area contributed by atoms with Gasteiger partial charge in [0.1, 0.15) is 5.82 Å². The highest BCUT2D eigenvalue weighted by molar-refractivity contribution is 14.1. The molecule has 1 unspecified atom stereocenters. The molecule has 0 aliphatic heterocycles. The van der Waals surface area contributed by atoms with E-state index in [0.717, 1.165) is 9.99 Å². The molecule has 124 valence electrons. The summed E-state index contributed by atoms with van der Waals surface area (Å²) in [6.45, 7) is 0.662. The van der Waals surface area contributed by atoms with E-state index in [-0.39, 0.29) is 5.28 Å². The van der Waals surface area contributed by atoms with Crippen LogP contribution in [-0.2, 0) is 9.73 Å². The summed E-state index contributed by atoms with van der Waals surface area (Å²) in [7, 11) is -2.80. The van der Waals surface area contributed by atoms with Crippen molar-refractivity contribution in [3.8, 4) is 0 Å². The molecule has 0 spiro atoms. The Balaban J connectivity index is 1.82. The van der Waals surface area contributed by atoms with Crippen LogP contribution in [0.4, 0.5) is 11.5 Å². The van der Waals surface area contributed by atoms with Gasteiger partial charge in [0.25, 0.3) is 0 Å². The van der Waals surface area contributed by atoms with Crippen molar-refractivity contribution in [2.75, 3.05) is 23.3 Å². The Morgan fingerprint density at radius 3 is 2.91 bits per heavy atom. The molecule has 0 saturated carbocycles. The van der Waals surface area contributed by atoms with Crippen molar-refractivity contribution < 1.29 is 4.21 Å². The van der Waals surface area contributed by atoms with Crippen LogP contribution in [0.15, 0.2) is 35.4 Å². The van der Waals surface area contributed by atoms with Crippen molar-refractivity contribution in [2.45, 2.75) is 17.7 Å². The molecule has 6 nitrogen and oxygen atoms in total. The van der Waals surface area contributed by atoms with Gasteiger partial charge in [-0.25, -0.2) is 14.0 Å². The van der Waals surface area contributed by atoms with Gasteiger partial charge in [0.15, 0.2) is 0 Å². The highest BCUT2D eigenvalue weighted by Crippen LogP contribution is 2.18. The third kappa shape index (κ3) is 5.47. The van der Waals surface area contributed by atoms with Crippen LogP contribution in [0.3, 0.4) is 0 Å². The number of nitrogens with two attached hydrogens (primary N) is 1. The van der Waals surface area contributed by atoms with Gasteiger partial charge in [0.05, 0.1) is 13.3 Å². The van der Waals surface area contributed by atoms with Gasteiger partial charge in [0.2, 0.25) is 5.28 Å². The topological polar surface area (TPSA) is 105 Å². The number of halogens is 2. The fourth-order valence-electron chi connectivity index (χ4n) is 1.94. The molecule has 23 heavy (non-hydrogen) atoms. The van der Waals surface area contributed by atoms with Crippen LogP contribution in [0.25, 0.3) is 0 Å². The monoisotopic (exact) mass is 465 g/mol. The molecule has 1 aromatic carbocycles. The first-order chi connectivity index (χ1) is 10.9. The van der Waals surface area contributed by atoms with Gasteiger partial charge < -0.3 is 11.1 Å². The van der Waals surface area contributed by atoms with Crippen LogP contribution in [0.2, 0.25) is 5.28 Å². The maximum absolute atomic E-state index is 12.4. The van der Waals surface area contributed by atoms with Gasteiger partial charge in [0, 0.05) is 29.1 Å². The van der Waals surface area contributed by atoms with Crippen LogP contribution >= 0.6 is 34.2 Å². The first kappa shape index (κ1) is 18.2. The molecule has 2 aromatic rings. The Labute approximate surface area is 154 Å². The van der Waals surface area contributed by atoms with Gasteiger partial charge in [-0.05, 0) is 65.2 Å². The first-order valence-corrected chi connectivity index (χ1v) is 10.1. The van der Waals surface area contributed by atoms with Crippen LogP contribution in [0.1, 0.15) is 12.8 Å². The molecule has 1 heterocycles. The number of unbranched alkanes of at least 4 members (excludes halogenated alkanes) is 1. The normalized spacial score (nSPS) is 13.5. The highest BCUT2D eigenvalue weighted by Gasteiger charge is 2.10. The summed E-state index contributed by atoms with van der Waals surface area (Å²) in [5.74, 6) is 0.993. The van der Waals surface area contributed by atoms with E-state index in [4.69, 9.17) is 22.1 Å². The number of rotatable bonds is 7. The maximum atomic E-state index is 12.4. The van der Waals surface area contributed by atoms with Crippen molar-refractivity contribution in [2.24, 2.45) is 0 Å². The summed E-state index contributed by atoms with van der Waals surface area (Å²) < 4.78 is 21.3. The van der Waals surface area contributed by atoms with Gasteiger partial charge in [-0.1, -0.05) is 6.07 Å². The molecular formula is C14H17ClIN5OS. The van der Waals surface area contributed by atoms with E-state index in [1.54, 1.807) is 30.5 Å². The van der Waals surface area contributed by atoms with E-state index >= 15 is 0 Å². The average molecular weight is 466 g/mol. The predicted octanol–water partition coefficient (Wildman–Crippen LogP) is 3.61. The molecule has 0 aliphatic carbocycles. The Bertz CT molecular complexity index is 784. The van der Waals surface area contributed by atoms with E-state index in [9.17, 15) is 4.21 Å². The smallest absolute Gasteiger partial charge is 0.224 e. The minimum Gasteiger partial charge on any atom is -0.399 e. The van der Waals surface area contributed by atoms with E-state index in [0.29, 0.717) is 35.1 Å². The summed E-state index contributed by atoms with van der Waals surface area (Å²) in [6.07, 6.45) is 3.09. The SMILES string of the molecule is N=S(=O)(CCCCNc1nc(Cl)ncc1I)c1cccc(N)c1. The number of nitrogens with zero attached hydrogens (tertiary/aromatic N) is 2. The molecule has 0 saturated heterocycles. The molecule has 0 amide bonds. The largest absolute Gasteiger partial charge is 0.399 e. The Morgan fingerprint density at radius 2 is 2.17 bits per heavy atom. The molecular weight excluding hydrogens is 449 g/mol. The molecule has 1 atom stereocenters. The van der Waals surface area contributed by atoms with E-state index in [1.807, 2.05) is 0 Å². The van der Waals surface area contributed by atoms with Crippen molar-refractivity contribution in [3.05, 3.63) is 39.3 Å². The van der Waals surface area contributed by atoms with E-state index in [2.05, 4.69) is 37.9 Å². The van der Waals surface area contributed by atoms with Crippen molar-refractivity contribution in [1.29, 1.82) is 4.78 Å². The van der Waals surface area contributed by atoms with Gasteiger partial charge in [-0.2, -0.15) is 4.98 Å². The number of aromatic nitrogens is 2. The highest BCUT2D eigenvalue weighted by atomic mass is 127. The number of nitrogen functional groups attached to an aromatic ring is 1. The number of hydrogen-bond acceptors (Lipinski definition) is 6. The Kier molecular flexibility index (Phi) is 6.42. The molecule has 4 N–H and O–H groups in total. The van der Waals surface area contributed by atoms with Gasteiger partial charge in [-0.3, -0.25) is 0 Å². The molecule has 0 radical (unpaired) electrons. The molecule has 0 fully saturated rings. The summed E-state index contributed by atoms with van der Waals surface area (Å²) in [6, 6.07) is 6.74. The van der Waals surface area contributed by atoms with E-state index in [1.165, 1.54) is 0 Å². The fraction of sp³-hybridized carbons (Fsp3) is 0.286. The summed E-state index contributed by atoms with van der Waals surface area (Å²) in [5.41, 5.74) is 6.21. The third-order valence-electron chi connectivity index (χ3n) is 3.10. The number of benzene rings is 1. The average Bonchev–Trinajstić information content (AvgIpc) is 2.50. The van der Waals surface area contributed by atoms with Crippen molar-refractivity contribution in [1.82, 2.24) is 9.97 Å². The second-order valence-electron chi connectivity index (χ2n) is 4.92. The maximum Gasteiger partial charge on any atom is 0.224 e. The zero-order valence-electron chi connectivity index (χ0n) is 12.3. The van der Waals surface area contributed by atoms with Crippen LogP contribution in [0.5, 0.6) is 0 Å². The Morgan fingerprint density at radius 1 is 1.39 bits per heavy atom. The first-order valence-electron chi connectivity index (χ1n) is 6.92. The van der Waals surface area contributed by atoms with Crippen LogP contribution < -0.4 is 11.1 Å². The second kappa shape index (κ2) is 8.11. The van der Waals surface area contributed by atoms with Gasteiger partial charge >= 0.3 is 0 Å². The van der Waals surface area contributed by atoms with E-state index < -0.39 is 9.73 Å². The predicted molar refractivity (Wildman–Crippen MR) is 102 cm³/mol. The lowest BCUT2D eigenvalue weighted by atomic mass is 10.3. The molecule has 1 aromatic heterocycles. The fourth-order valence-corrected chi connectivity index (χ4v) is 4.00. The summed E-state index contributed by atoms with van der Waals surface area (Å²) in [5, 5.41) is 3.37. The molecule has 0 aliphatic rings. The standard InChI is InChI=1S/C14H17ClIN5OS/c15-14-20-9-12(16)13(21-14)19-6-1-2-7-23(18,22)11-5-3-4-10(17)8-11/h3-5,8-9,18H,1-2,6-7,17H2,(H,19,20,21). The quantitative estimate of drug-likeness (QED) is 0.251. The van der Waals surface area contributed by atoms with Crippen molar-refractivity contribution in [3.63, 3.8) is 0 Å². The van der Waals surface area contributed by atoms with Crippen LogP contribution in [-0.4, -0.2) is 26.5 Å². The molecule has 0 bridgehead atoms. The van der Waals surface area contributed by atoms with Gasteiger partial charge in [-0.15, -0.1) is 0 Å². The molecule has 2 rings (SSSR count). The zero-order chi connectivity index (χ0) is 16.9. The summed E-state index contributed by atoms with van der Waals surface area (Å²) >= 11 is 7.89. The third-order valence-corrected chi connectivity index (χ3v) is 5.96. The summed E-state index contributed by atoms with van der Waals surface area (Å²) in [4.78, 5) is 8.48. The lowest BCUT2D eigenvalue weighted by molar-refractivity contribution is 0.670. The second-order valence-corrected chi connectivity index (χ2v) is 8.65. The van der Waals surface area contributed by atoms with Crippen LogP contribution in [0, 0.1) is 8.35 Å².